The SMILES string of the molecule is CC1NCCN(C(=O)CCNC(=O)C(C)(C)C)C1C. The van der Waals surface area contributed by atoms with Crippen LogP contribution in [-0.4, -0.2) is 48.4 Å². The van der Waals surface area contributed by atoms with Crippen molar-refractivity contribution in [2.45, 2.75) is 53.1 Å². The van der Waals surface area contributed by atoms with Crippen LogP contribution in [0.5, 0.6) is 0 Å². The van der Waals surface area contributed by atoms with Gasteiger partial charge in [-0.2, -0.15) is 0 Å². The number of carbonyl (C=O) groups excluding carboxylic acids is 2. The van der Waals surface area contributed by atoms with Crippen LogP contribution in [0.3, 0.4) is 0 Å². The van der Waals surface area contributed by atoms with E-state index in [1.807, 2.05) is 25.7 Å². The highest BCUT2D eigenvalue weighted by Crippen LogP contribution is 2.13. The Kier molecular flexibility index (Phi) is 5.35. The molecule has 2 N–H and O–H groups in total. The summed E-state index contributed by atoms with van der Waals surface area (Å²) in [6.07, 6.45) is 0.374. The maximum Gasteiger partial charge on any atom is 0.225 e. The van der Waals surface area contributed by atoms with Crippen molar-refractivity contribution in [3.63, 3.8) is 0 Å². The van der Waals surface area contributed by atoms with Gasteiger partial charge in [0, 0.05) is 43.6 Å². The fourth-order valence-electron chi connectivity index (χ4n) is 2.10. The largest absolute Gasteiger partial charge is 0.355 e. The number of piperazine rings is 1. The molecule has 19 heavy (non-hydrogen) atoms. The maximum absolute atomic E-state index is 12.1. The molecule has 1 aliphatic heterocycles. The standard InChI is InChI=1S/C14H27N3O2/c1-10-11(2)17(9-8-15-10)12(18)6-7-16-13(19)14(3,4)5/h10-11,15H,6-9H2,1-5H3,(H,16,19). The van der Waals surface area contributed by atoms with Crippen LogP contribution in [0.25, 0.3) is 0 Å². The zero-order valence-corrected chi connectivity index (χ0v) is 12.7. The molecule has 1 heterocycles. The molecular weight excluding hydrogens is 242 g/mol. The van der Waals surface area contributed by atoms with E-state index in [9.17, 15) is 9.59 Å². The Morgan fingerprint density at radius 2 is 1.95 bits per heavy atom. The highest BCUT2D eigenvalue weighted by atomic mass is 16.2. The molecule has 0 spiro atoms. The Labute approximate surface area is 116 Å². The summed E-state index contributed by atoms with van der Waals surface area (Å²) in [5, 5.41) is 6.16. The summed E-state index contributed by atoms with van der Waals surface area (Å²) in [6.45, 7) is 11.7. The fourth-order valence-corrected chi connectivity index (χ4v) is 2.10. The minimum Gasteiger partial charge on any atom is -0.355 e. The molecular formula is C14H27N3O2. The number of rotatable bonds is 3. The molecule has 1 saturated heterocycles. The van der Waals surface area contributed by atoms with Gasteiger partial charge in [0.15, 0.2) is 0 Å². The van der Waals surface area contributed by atoms with E-state index in [4.69, 9.17) is 0 Å². The van der Waals surface area contributed by atoms with E-state index in [1.54, 1.807) is 0 Å². The molecule has 0 radical (unpaired) electrons. The molecule has 2 amide bonds. The summed E-state index contributed by atoms with van der Waals surface area (Å²) in [5.41, 5.74) is -0.403. The average Bonchev–Trinajstić information content (AvgIpc) is 2.31. The summed E-state index contributed by atoms with van der Waals surface area (Å²) < 4.78 is 0. The molecule has 0 aromatic rings. The second-order valence-electron chi connectivity index (χ2n) is 6.33. The second-order valence-corrected chi connectivity index (χ2v) is 6.33. The molecule has 5 nitrogen and oxygen atoms in total. The van der Waals surface area contributed by atoms with Crippen molar-refractivity contribution in [1.29, 1.82) is 0 Å². The molecule has 1 aliphatic rings. The summed E-state index contributed by atoms with van der Waals surface area (Å²) >= 11 is 0. The van der Waals surface area contributed by atoms with E-state index in [-0.39, 0.29) is 17.9 Å². The van der Waals surface area contributed by atoms with Crippen molar-refractivity contribution in [2.24, 2.45) is 5.41 Å². The summed E-state index contributed by atoms with van der Waals surface area (Å²) in [7, 11) is 0. The minimum atomic E-state index is -0.403. The van der Waals surface area contributed by atoms with Crippen LogP contribution in [-0.2, 0) is 9.59 Å². The highest BCUT2D eigenvalue weighted by Gasteiger charge is 2.28. The molecule has 2 unspecified atom stereocenters. The quantitative estimate of drug-likeness (QED) is 0.795. The lowest BCUT2D eigenvalue weighted by atomic mass is 9.96. The van der Waals surface area contributed by atoms with Crippen molar-refractivity contribution >= 4 is 11.8 Å². The number of nitrogens with zero attached hydrogens (tertiary/aromatic N) is 1. The van der Waals surface area contributed by atoms with Crippen LogP contribution in [0.15, 0.2) is 0 Å². The molecule has 1 fully saturated rings. The summed E-state index contributed by atoms with van der Waals surface area (Å²) in [4.78, 5) is 25.7. The van der Waals surface area contributed by atoms with E-state index in [1.165, 1.54) is 0 Å². The Hall–Kier alpha value is -1.10. The predicted octanol–water partition coefficient (Wildman–Crippen LogP) is 0.748. The first-order chi connectivity index (χ1) is 8.73. The van der Waals surface area contributed by atoms with Crippen molar-refractivity contribution in [2.75, 3.05) is 19.6 Å². The lowest BCUT2D eigenvalue weighted by Crippen LogP contribution is -2.57. The molecule has 5 heteroatoms. The van der Waals surface area contributed by atoms with Crippen molar-refractivity contribution in [1.82, 2.24) is 15.5 Å². The average molecular weight is 269 g/mol. The van der Waals surface area contributed by atoms with Gasteiger partial charge in [0.25, 0.3) is 0 Å². The van der Waals surface area contributed by atoms with Crippen LogP contribution < -0.4 is 10.6 Å². The third kappa shape index (κ3) is 4.49. The number of carbonyl (C=O) groups is 2. The zero-order chi connectivity index (χ0) is 14.6. The molecule has 0 aliphatic carbocycles. The van der Waals surface area contributed by atoms with Crippen molar-refractivity contribution in [3.8, 4) is 0 Å². The van der Waals surface area contributed by atoms with Gasteiger partial charge in [-0.25, -0.2) is 0 Å². The van der Waals surface area contributed by atoms with Gasteiger partial charge in [-0.15, -0.1) is 0 Å². The van der Waals surface area contributed by atoms with Crippen LogP contribution in [0.1, 0.15) is 41.0 Å². The first-order valence-corrected chi connectivity index (χ1v) is 7.04. The minimum absolute atomic E-state index is 0.0120. The van der Waals surface area contributed by atoms with Crippen LogP contribution in [0.2, 0.25) is 0 Å². The first kappa shape index (κ1) is 16.0. The van der Waals surface area contributed by atoms with E-state index < -0.39 is 5.41 Å². The third-order valence-electron chi connectivity index (χ3n) is 3.66. The van der Waals surface area contributed by atoms with Crippen molar-refractivity contribution < 1.29 is 9.59 Å². The summed E-state index contributed by atoms with van der Waals surface area (Å²) in [5.74, 6) is 0.108. The molecule has 0 saturated carbocycles. The van der Waals surface area contributed by atoms with Gasteiger partial charge in [0.05, 0.1) is 0 Å². The topological polar surface area (TPSA) is 61.4 Å². The van der Waals surface area contributed by atoms with Gasteiger partial charge in [-0.1, -0.05) is 20.8 Å². The molecule has 0 bridgehead atoms. The van der Waals surface area contributed by atoms with Gasteiger partial charge in [-0.05, 0) is 13.8 Å². The lowest BCUT2D eigenvalue weighted by Gasteiger charge is -2.38. The Morgan fingerprint density at radius 1 is 1.32 bits per heavy atom. The highest BCUT2D eigenvalue weighted by molar-refractivity contribution is 5.82. The summed E-state index contributed by atoms with van der Waals surface area (Å²) in [6, 6.07) is 0.529. The Bertz CT molecular complexity index is 336. The number of amides is 2. The molecule has 0 aromatic carbocycles. The number of hydrogen-bond donors (Lipinski definition) is 2. The van der Waals surface area contributed by atoms with E-state index >= 15 is 0 Å². The lowest BCUT2D eigenvalue weighted by molar-refractivity contribution is -0.135. The molecule has 110 valence electrons. The van der Waals surface area contributed by atoms with Crippen LogP contribution in [0.4, 0.5) is 0 Å². The Balaban J connectivity index is 2.37. The number of hydrogen-bond acceptors (Lipinski definition) is 3. The zero-order valence-electron chi connectivity index (χ0n) is 12.7. The van der Waals surface area contributed by atoms with E-state index in [0.29, 0.717) is 19.0 Å². The monoisotopic (exact) mass is 269 g/mol. The fraction of sp³-hybridized carbons (Fsp3) is 0.857. The first-order valence-electron chi connectivity index (χ1n) is 7.04. The molecule has 0 aromatic heterocycles. The van der Waals surface area contributed by atoms with E-state index in [2.05, 4.69) is 24.5 Å². The predicted molar refractivity (Wildman–Crippen MR) is 75.7 cm³/mol. The van der Waals surface area contributed by atoms with E-state index in [0.717, 1.165) is 13.1 Å². The van der Waals surface area contributed by atoms with Crippen LogP contribution in [0, 0.1) is 5.41 Å². The molecule has 2 atom stereocenters. The van der Waals surface area contributed by atoms with Crippen molar-refractivity contribution in [3.05, 3.63) is 0 Å². The van der Waals surface area contributed by atoms with Gasteiger partial charge in [-0.3, -0.25) is 9.59 Å². The van der Waals surface area contributed by atoms with Gasteiger partial charge in [0.1, 0.15) is 0 Å². The third-order valence-corrected chi connectivity index (χ3v) is 3.66. The van der Waals surface area contributed by atoms with Crippen LogP contribution >= 0.6 is 0 Å². The maximum atomic E-state index is 12.1. The van der Waals surface area contributed by atoms with Gasteiger partial charge in [0.2, 0.25) is 11.8 Å². The normalized spacial score (nSPS) is 24.2. The molecule has 1 rings (SSSR count). The second kappa shape index (κ2) is 6.37. The Morgan fingerprint density at radius 3 is 2.53 bits per heavy atom. The van der Waals surface area contributed by atoms with Gasteiger partial charge >= 0.3 is 0 Å². The van der Waals surface area contributed by atoms with Gasteiger partial charge < -0.3 is 15.5 Å². The number of nitrogens with one attached hydrogen (secondary N) is 2. The smallest absolute Gasteiger partial charge is 0.225 e.